The predicted molar refractivity (Wildman–Crippen MR) is 89.5 cm³/mol. The molecular formula is C17H16Cl2N2O3. The molecule has 1 aliphatic carbocycles. The van der Waals surface area contributed by atoms with Gasteiger partial charge >= 0.3 is 0 Å². The molecule has 7 heteroatoms. The van der Waals surface area contributed by atoms with Crippen molar-refractivity contribution in [3.63, 3.8) is 0 Å². The van der Waals surface area contributed by atoms with Crippen LogP contribution in [0, 0.1) is 0 Å². The van der Waals surface area contributed by atoms with Crippen LogP contribution in [0.5, 0.6) is 0 Å². The molecule has 0 radical (unpaired) electrons. The van der Waals surface area contributed by atoms with Gasteiger partial charge in [0.05, 0.1) is 28.9 Å². The summed E-state index contributed by atoms with van der Waals surface area (Å²) in [5, 5.41) is 4.98. The summed E-state index contributed by atoms with van der Waals surface area (Å²) in [6, 6.07) is 7.15. The number of halogens is 2. The number of benzene rings is 1. The third-order valence-corrected chi connectivity index (χ3v) is 5.14. The van der Waals surface area contributed by atoms with Crippen LogP contribution in [0.3, 0.4) is 0 Å². The largest absolute Gasteiger partial charge is 0.370 e. The number of hydrogen-bond donors (Lipinski definition) is 0. The van der Waals surface area contributed by atoms with Crippen LogP contribution < -0.4 is 0 Å². The summed E-state index contributed by atoms with van der Waals surface area (Å²) in [5.41, 5.74) is 1.78. The molecule has 1 aromatic carbocycles. The second-order valence-electron chi connectivity index (χ2n) is 6.17. The molecule has 1 atom stereocenters. The molecule has 1 aliphatic heterocycles. The van der Waals surface area contributed by atoms with Crippen molar-refractivity contribution >= 4 is 29.1 Å². The van der Waals surface area contributed by atoms with E-state index in [0.717, 1.165) is 24.1 Å². The first-order chi connectivity index (χ1) is 11.6. The van der Waals surface area contributed by atoms with Gasteiger partial charge < -0.3 is 14.2 Å². The maximum Gasteiger partial charge on any atom is 0.292 e. The van der Waals surface area contributed by atoms with E-state index < -0.39 is 0 Å². The second-order valence-corrected chi connectivity index (χ2v) is 6.99. The lowest BCUT2D eigenvalue weighted by molar-refractivity contribution is -0.0240. The van der Waals surface area contributed by atoms with E-state index in [9.17, 15) is 4.79 Å². The minimum Gasteiger partial charge on any atom is -0.370 e. The summed E-state index contributed by atoms with van der Waals surface area (Å²) >= 11 is 12.0. The van der Waals surface area contributed by atoms with E-state index in [1.807, 2.05) is 6.07 Å². The van der Waals surface area contributed by atoms with Crippen molar-refractivity contribution in [3.8, 4) is 0 Å². The molecule has 2 aliphatic rings. The van der Waals surface area contributed by atoms with Gasteiger partial charge in [-0.1, -0.05) is 34.4 Å². The zero-order valence-corrected chi connectivity index (χ0v) is 14.4. The molecule has 2 aromatic rings. The van der Waals surface area contributed by atoms with Crippen molar-refractivity contribution < 1.29 is 14.1 Å². The summed E-state index contributed by atoms with van der Waals surface area (Å²) in [7, 11) is 0. The predicted octanol–water partition coefficient (Wildman–Crippen LogP) is 4.07. The highest BCUT2D eigenvalue weighted by Gasteiger charge is 2.31. The maximum atomic E-state index is 12.6. The lowest BCUT2D eigenvalue weighted by atomic mass is 10.1. The number of morpholine rings is 1. The summed E-state index contributed by atoms with van der Waals surface area (Å²) in [6.07, 6.45) is 2.01. The maximum absolute atomic E-state index is 12.6. The first-order valence-electron chi connectivity index (χ1n) is 7.94. The molecule has 4 rings (SSSR count). The number of carbonyl (C=O) groups excluding carboxylic acids is 1. The quantitative estimate of drug-likeness (QED) is 0.821. The van der Waals surface area contributed by atoms with Gasteiger partial charge in [0.1, 0.15) is 6.10 Å². The zero-order valence-electron chi connectivity index (χ0n) is 12.9. The van der Waals surface area contributed by atoms with Gasteiger partial charge in [0.25, 0.3) is 5.91 Å². The normalized spacial score (nSPS) is 21.1. The smallest absolute Gasteiger partial charge is 0.292 e. The average Bonchev–Trinajstić information content (AvgIpc) is 3.34. The molecule has 5 nitrogen and oxygen atoms in total. The van der Waals surface area contributed by atoms with Crippen LogP contribution >= 0.6 is 23.2 Å². The Labute approximate surface area is 149 Å². The molecular weight excluding hydrogens is 351 g/mol. The van der Waals surface area contributed by atoms with Gasteiger partial charge in [0.15, 0.2) is 0 Å². The SMILES string of the molecule is O=C(c1cc(C2CC2)no1)N1CCO[C@@H](c2ccc(Cl)c(Cl)c2)C1. The minimum atomic E-state index is -0.233. The Bertz CT molecular complexity index is 773. The summed E-state index contributed by atoms with van der Waals surface area (Å²) in [6.45, 7) is 1.42. The minimum absolute atomic E-state index is 0.150. The lowest BCUT2D eigenvalue weighted by Gasteiger charge is -2.32. The van der Waals surface area contributed by atoms with Crippen molar-refractivity contribution in [1.29, 1.82) is 0 Å². The molecule has 0 bridgehead atoms. The molecule has 126 valence electrons. The average molecular weight is 367 g/mol. The topological polar surface area (TPSA) is 55.6 Å². The molecule has 1 amide bonds. The zero-order chi connectivity index (χ0) is 16.7. The van der Waals surface area contributed by atoms with Gasteiger partial charge in [-0.05, 0) is 30.5 Å². The van der Waals surface area contributed by atoms with E-state index in [1.165, 1.54) is 0 Å². The van der Waals surface area contributed by atoms with Crippen LogP contribution in [-0.4, -0.2) is 35.7 Å². The van der Waals surface area contributed by atoms with Gasteiger partial charge in [-0.15, -0.1) is 0 Å². The standard InChI is InChI=1S/C17H16Cl2N2O3/c18-12-4-3-11(7-13(12)19)16-9-21(5-6-23-16)17(22)15-8-14(20-24-15)10-1-2-10/h3-4,7-8,10,16H,1-2,5-6,9H2/t16-/m1/s1. The Morgan fingerprint density at radius 2 is 2.04 bits per heavy atom. The Morgan fingerprint density at radius 1 is 1.21 bits per heavy atom. The van der Waals surface area contributed by atoms with Crippen molar-refractivity contribution in [3.05, 3.63) is 51.3 Å². The van der Waals surface area contributed by atoms with Gasteiger partial charge in [-0.3, -0.25) is 4.79 Å². The van der Waals surface area contributed by atoms with Crippen molar-refractivity contribution in [2.45, 2.75) is 24.9 Å². The second kappa shape index (κ2) is 6.39. The highest BCUT2D eigenvalue weighted by Crippen LogP contribution is 2.39. The number of hydrogen-bond acceptors (Lipinski definition) is 4. The van der Waals surface area contributed by atoms with Crippen LogP contribution in [0.25, 0.3) is 0 Å². The first-order valence-corrected chi connectivity index (χ1v) is 8.70. The van der Waals surface area contributed by atoms with E-state index >= 15 is 0 Å². The summed E-state index contributed by atoms with van der Waals surface area (Å²) in [5.74, 6) is 0.610. The molecule has 1 aromatic heterocycles. The number of aromatic nitrogens is 1. The summed E-state index contributed by atoms with van der Waals surface area (Å²) in [4.78, 5) is 14.4. The Hall–Kier alpha value is -1.56. The third-order valence-electron chi connectivity index (χ3n) is 4.40. The van der Waals surface area contributed by atoms with Crippen molar-refractivity contribution in [2.75, 3.05) is 19.7 Å². The highest BCUT2D eigenvalue weighted by atomic mass is 35.5. The molecule has 0 unspecified atom stereocenters. The van der Waals surface area contributed by atoms with Crippen LogP contribution in [0.15, 0.2) is 28.8 Å². The summed E-state index contributed by atoms with van der Waals surface area (Å²) < 4.78 is 11.0. The number of carbonyl (C=O) groups is 1. The fraction of sp³-hybridized carbons (Fsp3) is 0.412. The van der Waals surface area contributed by atoms with E-state index in [4.69, 9.17) is 32.5 Å². The molecule has 0 N–H and O–H groups in total. The van der Waals surface area contributed by atoms with Gasteiger partial charge in [-0.2, -0.15) is 0 Å². The molecule has 1 saturated carbocycles. The number of amides is 1. The fourth-order valence-electron chi connectivity index (χ4n) is 2.87. The highest BCUT2D eigenvalue weighted by molar-refractivity contribution is 6.42. The monoisotopic (exact) mass is 366 g/mol. The van der Waals surface area contributed by atoms with E-state index in [1.54, 1.807) is 23.1 Å². The van der Waals surface area contributed by atoms with Crippen molar-refractivity contribution in [2.24, 2.45) is 0 Å². The first kappa shape index (κ1) is 15.9. The van der Waals surface area contributed by atoms with E-state index in [-0.39, 0.29) is 12.0 Å². The molecule has 2 fully saturated rings. The van der Waals surface area contributed by atoms with Crippen molar-refractivity contribution in [1.82, 2.24) is 10.1 Å². The van der Waals surface area contributed by atoms with E-state index in [2.05, 4.69) is 5.16 Å². The van der Waals surface area contributed by atoms with Gasteiger partial charge in [-0.25, -0.2) is 0 Å². The molecule has 2 heterocycles. The third kappa shape index (κ3) is 3.16. The number of rotatable bonds is 3. The van der Waals surface area contributed by atoms with Gasteiger partial charge in [0, 0.05) is 18.5 Å². The lowest BCUT2D eigenvalue weighted by Crippen LogP contribution is -2.42. The van der Waals surface area contributed by atoms with Crippen LogP contribution in [0.4, 0.5) is 0 Å². The number of ether oxygens (including phenoxy) is 1. The van der Waals surface area contributed by atoms with Crippen LogP contribution in [0.2, 0.25) is 10.0 Å². The van der Waals surface area contributed by atoms with Gasteiger partial charge in [0.2, 0.25) is 5.76 Å². The number of nitrogens with zero attached hydrogens (tertiary/aromatic N) is 2. The molecule has 24 heavy (non-hydrogen) atoms. The fourth-order valence-corrected chi connectivity index (χ4v) is 3.17. The Kier molecular flexibility index (Phi) is 4.24. The Balaban J connectivity index is 1.48. The van der Waals surface area contributed by atoms with E-state index in [0.29, 0.717) is 41.4 Å². The van der Waals surface area contributed by atoms with Crippen LogP contribution in [-0.2, 0) is 4.74 Å². The molecule has 1 saturated heterocycles. The Morgan fingerprint density at radius 3 is 2.79 bits per heavy atom. The molecule has 0 spiro atoms. The van der Waals surface area contributed by atoms with Crippen LogP contribution in [0.1, 0.15) is 46.7 Å².